The molecule has 1 aliphatic heterocycles. The van der Waals surface area contributed by atoms with Crippen LogP contribution in [0.2, 0.25) is 0 Å². The van der Waals surface area contributed by atoms with E-state index in [0.29, 0.717) is 11.5 Å². The molecule has 0 atom stereocenters. The molecular formula is C18H21N3O. The van der Waals surface area contributed by atoms with Crippen LogP contribution in [0.1, 0.15) is 40.4 Å². The molecule has 3 rings (SSSR count). The molecule has 1 amide bonds. The van der Waals surface area contributed by atoms with E-state index in [4.69, 9.17) is 0 Å². The average molecular weight is 295 g/mol. The van der Waals surface area contributed by atoms with Crippen molar-refractivity contribution in [2.24, 2.45) is 0 Å². The van der Waals surface area contributed by atoms with Gasteiger partial charge in [-0.25, -0.2) is 0 Å². The van der Waals surface area contributed by atoms with Crippen LogP contribution in [0, 0.1) is 6.92 Å². The molecule has 1 fully saturated rings. The fourth-order valence-electron chi connectivity index (χ4n) is 2.84. The third-order valence-corrected chi connectivity index (χ3v) is 4.19. The van der Waals surface area contributed by atoms with Gasteiger partial charge in [0.15, 0.2) is 0 Å². The van der Waals surface area contributed by atoms with Crippen molar-refractivity contribution in [3.05, 3.63) is 59.4 Å². The number of hydrogen-bond donors (Lipinski definition) is 2. The van der Waals surface area contributed by atoms with Gasteiger partial charge in [-0.2, -0.15) is 0 Å². The van der Waals surface area contributed by atoms with Crippen LogP contribution in [0.3, 0.4) is 0 Å². The standard InChI is InChI=1S/C18H21N3O/c1-13-4-2-3-5-16(13)21-18(22)15-8-11-20-17(12-15)14-6-9-19-10-7-14/h2-5,8,11-12,14,19H,6-7,9-10H2,1H3,(H,21,22). The molecule has 1 aromatic heterocycles. The van der Waals surface area contributed by atoms with Gasteiger partial charge in [0.2, 0.25) is 0 Å². The SMILES string of the molecule is Cc1ccccc1NC(=O)c1ccnc(C2CCNCC2)c1. The van der Waals surface area contributed by atoms with E-state index in [1.54, 1.807) is 12.3 Å². The molecule has 1 aliphatic rings. The second kappa shape index (κ2) is 6.71. The topological polar surface area (TPSA) is 54.0 Å². The van der Waals surface area contributed by atoms with Crippen molar-refractivity contribution >= 4 is 11.6 Å². The molecule has 0 unspecified atom stereocenters. The zero-order chi connectivity index (χ0) is 15.4. The van der Waals surface area contributed by atoms with Gasteiger partial charge >= 0.3 is 0 Å². The molecule has 0 aliphatic carbocycles. The normalized spacial score (nSPS) is 15.5. The number of benzene rings is 1. The molecule has 1 aromatic carbocycles. The van der Waals surface area contributed by atoms with Crippen LogP contribution in [0.4, 0.5) is 5.69 Å². The number of carbonyl (C=O) groups is 1. The molecule has 0 bridgehead atoms. The third kappa shape index (κ3) is 3.34. The number of rotatable bonds is 3. The monoisotopic (exact) mass is 295 g/mol. The van der Waals surface area contributed by atoms with Crippen LogP contribution < -0.4 is 10.6 Å². The molecule has 0 saturated carbocycles. The Bertz CT molecular complexity index is 663. The van der Waals surface area contributed by atoms with Crippen LogP contribution >= 0.6 is 0 Å². The molecule has 2 aromatic rings. The number of aryl methyl sites for hydroxylation is 1. The molecule has 4 heteroatoms. The van der Waals surface area contributed by atoms with Crippen molar-refractivity contribution < 1.29 is 4.79 Å². The number of hydrogen-bond acceptors (Lipinski definition) is 3. The largest absolute Gasteiger partial charge is 0.322 e. The first-order valence-corrected chi connectivity index (χ1v) is 7.77. The summed E-state index contributed by atoms with van der Waals surface area (Å²) in [6, 6.07) is 11.5. The maximum Gasteiger partial charge on any atom is 0.255 e. The minimum absolute atomic E-state index is 0.0770. The summed E-state index contributed by atoms with van der Waals surface area (Å²) >= 11 is 0. The van der Waals surface area contributed by atoms with E-state index < -0.39 is 0 Å². The molecule has 2 N–H and O–H groups in total. The van der Waals surface area contributed by atoms with Crippen molar-refractivity contribution in [1.82, 2.24) is 10.3 Å². The minimum atomic E-state index is -0.0770. The molecule has 114 valence electrons. The highest BCUT2D eigenvalue weighted by atomic mass is 16.1. The highest BCUT2D eigenvalue weighted by molar-refractivity contribution is 6.04. The zero-order valence-corrected chi connectivity index (χ0v) is 12.8. The number of amides is 1. The third-order valence-electron chi connectivity index (χ3n) is 4.19. The lowest BCUT2D eigenvalue weighted by Gasteiger charge is -2.22. The zero-order valence-electron chi connectivity index (χ0n) is 12.8. The summed E-state index contributed by atoms with van der Waals surface area (Å²) < 4.78 is 0. The second-order valence-electron chi connectivity index (χ2n) is 5.76. The van der Waals surface area contributed by atoms with Gasteiger partial charge in [-0.3, -0.25) is 9.78 Å². The molecule has 1 saturated heterocycles. The van der Waals surface area contributed by atoms with E-state index >= 15 is 0 Å². The lowest BCUT2D eigenvalue weighted by Crippen LogP contribution is -2.27. The number of carbonyl (C=O) groups excluding carboxylic acids is 1. The molecule has 2 heterocycles. The van der Waals surface area contributed by atoms with Gasteiger partial charge in [-0.1, -0.05) is 18.2 Å². The number of nitrogens with one attached hydrogen (secondary N) is 2. The van der Waals surface area contributed by atoms with E-state index in [2.05, 4.69) is 15.6 Å². The Morgan fingerprint density at radius 2 is 2.00 bits per heavy atom. The van der Waals surface area contributed by atoms with E-state index in [1.165, 1.54) is 0 Å². The molecular weight excluding hydrogens is 274 g/mol. The van der Waals surface area contributed by atoms with Crippen molar-refractivity contribution in [1.29, 1.82) is 0 Å². The Hall–Kier alpha value is -2.20. The van der Waals surface area contributed by atoms with Gasteiger partial charge in [-0.15, -0.1) is 0 Å². The van der Waals surface area contributed by atoms with E-state index in [1.807, 2.05) is 37.3 Å². The van der Waals surface area contributed by atoms with Crippen molar-refractivity contribution in [3.8, 4) is 0 Å². The molecule has 0 spiro atoms. The van der Waals surface area contributed by atoms with Gasteiger partial charge in [0.05, 0.1) is 0 Å². The Morgan fingerprint density at radius 1 is 1.23 bits per heavy atom. The highest BCUT2D eigenvalue weighted by Gasteiger charge is 2.18. The predicted molar refractivity (Wildman–Crippen MR) is 88.2 cm³/mol. The Kier molecular flexibility index (Phi) is 4.49. The number of nitrogens with zero attached hydrogens (tertiary/aromatic N) is 1. The minimum Gasteiger partial charge on any atom is -0.322 e. The first kappa shape index (κ1) is 14.7. The van der Waals surface area contributed by atoms with E-state index in [9.17, 15) is 4.79 Å². The summed E-state index contributed by atoms with van der Waals surface area (Å²) in [7, 11) is 0. The lowest BCUT2D eigenvalue weighted by atomic mass is 9.93. The molecule has 0 radical (unpaired) electrons. The van der Waals surface area contributed by atoms with Gasteiger partial charge in [0, 0.05) is 29.1 Å². The lowest BCUT2D eigenvalue weighted by molar-refractivity contribution is 0.102. The quantitative estimate of drug-likeness (QED) is 0.915. The fourth-order valence-corrected chi connectivity index (χ4v) is 2.84. The van der Waals surface area contributed by atoms with Crippen LogP contribution in [-0.4, -0.2) is 24.0 Å². The van der Waals surface area contributed by atoms with E-state index in [-0.39, 0.29) is 5.91 Å². The fraction of sp³-hybridized carbons (Fsp3) is 0.333. The molecule has 4 nitrogen and oxygen atoms in total. The maximum atomic E-state index is 12.5. The first-order valence-electron chi connectivity index (χ1n) is 7.77. The van der Waals surface area contributed by atoms with Crippen molar-refractivity contribution in [2.45, 2.75) is 25.7 Å². The average Bonchev–Trinajstić information content (AvgIpc) is 2.58. The predicted octanol–water partition coefficient (Wildman–Crippen LogP) is 3.11. The van der Waals surface area contributed by atoms with Gasteiger partial charge in [-0.05, 0) is 56.6 Å². The second-order valence-corrected chi connectivity index (χ2v) is 5.76. The smallest absolute Gasteiger partial charge is 0.255 e. The Balaban J connectivity index is 1.76. The van der Waals surface area contributed by atoms with Gasteiger partial charge in [0.1, 0.15) is 0 Å². The summed E-state index contributed by atoms with van der Waals surface area (Å²) in [5.41, 5.74) is 3.61. The summed E-state index contributed by atoms with van der Waals surface area (Å²) in [5.74, 6) is 0.374. The maximum absolute atomic E-state index is 12.5. The van der Waals surface area contributed by atoms with Gasteiger partial charge < -0.3 is 10.6 Å². The summed E-state index contributed by atoms with van der Waals surface area (Å²) in [6.07, 6.45) is 3.90. The van der Waals surface area contributed by atoms with Crippen molar-refractivity contribution in [2.75, 3.05) is 18.4 Å². The highest BCUT2D eigenvalue weighted by Crippen LogP contribution is 2.24. The Labute approximate surface area is 131 Å². The number of pyridine rings is 1. The van der Waals surface area contributed by atoms with Crippen molar-refractivity contribution in [3.63, 3.8) is 0 Å². The van der Waals surface area contributed by atoms with Gasteiger partial charge in [0.25, 0.3) is 5.91 Å². The van der Waals surface area contributed by atoms with Crippen LogP contribution in [0.25, 0.3) is 0 Å². The number of para-hydroxylation sites is 1. The Morgan fingerprint density at radius 3 is 2.77 bits per heavy atom. The number of aromatic nitrogens is 1. The number of anilines is 1. The first-order chi connectivity index (χ1) is 10.7. The summed E-state index contributed by atoms with van der Waals surface area (Å²) in [6.45, 7) is 4.03. The van der Waals surface area contributed by atoms with Crippen LogP contribution in [0.15, 0.2) is 42.6 Å². The summed E-state index contributed by atoms with van der Waals surface area (Å²) in [4.78, 5) is 16.9. The van der Waals surface area contributed by atoms with Crippen LogP contribution in [0.5, 0.6) is 0 Å². The molecule has 22 heavy (non-hydrogen) atoms. The van der Waals surface area contributed by atoms with E-state index in [0.717, 1.165) is 42.9 Å². The van der Waals surface area contributed by atoms with Crippen LogP contribution in [-0.2, 0) is 0 Å². The number of piperidine rings is 1. The summed E-state index contributed by atoms with van der Waals surface area (Å²) in [5, 5.41) is 6.33.